The van der Waals surface area contributed by atoms with E-state index in [9.17, 15) is 23.1 Å². The van der Waals surface area contributed by atoms with Crippen LogP contribution in [0.3, 0.4) is 0 Å². The molecule has 2 aromatic carbocycles. The molecule has 1 N–H and O–H groups in total. The molecule has 0 fully saturated rings. The van der Waals surface area contributed by atoms with Crippen molar-refractivity contribution >= 4 is 5.97 Å². The van der Waals surface area contributed by atoms with E-state index in [-0.39, 0.29) is 17.7 Å². The SMILES string of the molecule is COCc1cc(-c2ccccc2)c(C(=O)O)cc1C(F)(F)F. The summed E-state index contributed by atoms with van der Waals surface area (Å²) in [5, 5.41) is 9.24. The summed E-state index contributed by atoms with van der Waals surface area (Å²) in [4.78, 5) is 11.3. The van der Waals surface area contributed by atoms with Gasteiger partial charge in [-0.1, -0.05) is 30.3 Å². The van der Waals surface area contributed by atoms with E-state index < -0.39 is 23.3 Å². The van der Waals surface area contributed by atoms with Crippen molar-refractivity contribution in [2.75, 3.05) is 7.11 Å². The van der Waals surface area contributed by atoms with Gasteiger partial charge in [0.05, 0.1) is 17.7 Å². The van der Waals surface area contributed by atoms with Gasteiger partial charge in [-0.05, 0) is 28.8 Å². The van der Waals surface area contributed by atoms with Crippen LogP contribution in [-0.4, -0.2) is 18.2 Å². The van der Waals surface area contributed by atoms with Gasteiger partial charge in [0.1, 0.15) is 0 Å². The summed E-state index contributed by atoms with van der Waals surface area (Å²) < 4.78 is 44.1. The van der Waals surface area contributed by atoms with Crippen molar-refractivity contribution in [1.82, 2.24) is 0 Å². The van der Waals surface area contributed by atoms with Crippen molar-refractivity contribution in [3.8, 4) is 11.1 Å². The number of carboxylic acid groups (broad SMARTS) is 1. The normalized spacial score (nSPS) is 11.5. The summed E-state index contributed by atoms with van der Waals surface area (Å²) >= 11 is 0. The third kappa shape index (κ3) is 3.28. The summed E-state index contributed by atoms with van der Waals surface area (Å²) in [6.45, 7) is -0.255. The highest BCUT2D eigenvalue weighted by atomic mass is 19.4. The first kappa shape index (κ1) is 16.0. The number of hydrogen-bond donors (Lipinski definition) is 1. The number of carboxylic acids is 1. The molecular weight excluding hydrogens is 297 g/mol. The molecular formula is C16H13F3O3. The zero-order valence-electron chi connectivity index (χ0n) is 11.6. The summed E-state index contributed by atoms with van der Waals surface area (Å²) in [7, 11) is 1.29. The number of halogens is 3. The van der Waals surface area contributed by atoms with Crippen LogP contribution in [0.25, 0.3) is 11.1 Å². The van der Waals surface area contributed by atoms with Crippen LogP contribution < -0.4 is 0 Å². The summed E-state index contributed by atoms with van der Waals surface area (Å²) in [6.07, 6.45) is -4.65. The van der Waals surface area contributed by atoms with Crippen molar-refractivity contribution in [3.63, 3.8) is 0 Å². The molecule has 116 valence electrons. The van der Waals surface area contributed by atoms with E-state index in [1.165, 1.54) is 13.2 Å². The Labute approximate surface area is 125 Å². The number of ether oxygens (including phenoxy) is 1. The van der Waals surface area contributed by atoms with Crippen molar-refractivity contribution in [3.05, 3.63) is 59.2 Å². The quantitative estimate of drug-likeness (QED) is 0.920. The van der Waals surface area contributed by atoms with E-state index >= 15 is 0 Å². The summed E-state index contributed by atoms with van der Waals surface area (Å²) in [5.74, 6) is -1.41. The third-order valence-electron chi connectivity index (χ3n) is 3.16. The summed E-state index contributed by atoms with van der Waals surface area (Å²) in [6, 6.07) is 10.3. The first-order valence-corrected chi connectivity index (χ1v) is 6.36. The Kier molecular flexibility index (Phi) is 4.51. The molecule has 0 amide bonds. The highest BCUT2D eigenvalue weighted by Gasteiger charge is 2.35. The molecule has 2 aromatic rings. The molecule has 0 aromatic heterocycles. The first-order valence-electron chi connectivity index (χ1n) is 6.36. The number of aromatic carboxylic acids is 1. The van der Waals surface area contributed by atoms with E-state index in [2.05, 4.69) is 0 Å². The highest BCUT2D eigenvalue weighted by molar-refractivity contribution is 5.96. The topological polar surface area (TPSA) is 46.5 Å². The van der Waals surface area contributed by atoms with E-state index in [0.717, 1.165) is 0 Å². The van der Waals surface area contributed by atoms with Gasteiger partial charge >= 0.3 is 12.1 Å². The van der Waals surface area contributed by atoms with Crippen molar-refractivity contribution in [1.29, 1.82) is 0 Å². The van der Waals surface area contributed by atoms with Crippen LogP contribution in [0.5, 0.6) is 0 Å². The third-order valence-corrected chi connectivity index (χ3v) is 3.16. The van der Waals surface area contributed by atoms with Crippen molar-refractivity contribution < 1.29 is 27.8 Å². The van der Waals surface area contributed by atoms with Crippen LogP contribution in [0, 0.1) is 0 Å². The fraction of sp³-hybridized carbons (Fsp3) is 0.188. The maximum atomic E-state index is 13.1. The van der Waals surface area contributed by atoms with Crippen LogP contribution in [-0.2, 0) is 17.5 Å². The molecule has 0 aliphatic carbocycles. The Morgan fingerprint density at radius 3 is 2.32 bits per heavy atom. The Hall–Kier alpha value is -2.34. The van der Waals surface area contributed by atoms with E-state index in [0.29, 0.717) is 11.6 Å². The number of alkyl halides is 3. The maximum Gasteiger partial charge on any atom is 0.416 e. The predicted octanol–water partition coefficient (Wildman–Crippen LogP) is 4.22. The largest absolute Gasteiger partial charge is 0.478 e. The molecule has 3 nitrogen and oxygen atoms in total. The van der Waals surface area contributed by atoms with Gasteiger partial charge in [-0.2, -0.15) is 13.2 Å². The minimum atomic E-state index is -4.65. The van der Waals surface area contributed by atoms with Crippen LogP contribution >= 0.6 is 0 Å². The Morgan fingerprint density at radius 2 is 1.82 bits per heavy atom. The van der Waals surface area contributed by atoms with Crippen LogP contribution in [0.4, 0.5) is 13.2 Å². The Bertz CT molecular complexity index is 679. The lowest BCUT2D eigenvalue weighted by Crippen LogP contribution is -2.13. The van der Waals surface area contributed by atoms with E-state index in [1.54, 1.807) is 30.3 Å². The minimum absolute atomic E-state index is 0.0983. The molecule has 0 aliphatic rings. The zero-order valence-corrected chi connectivity index (χ0v) is 11.6. The Morgan fingerprint density at radius 1 is 1.18 bits per heavy atom. The van der Waals surface area contributed by atoms with Crippen LogP contribution in [0.1, 0.15) is 21.5 Å². The molecule has 2 rings (SSSR count). The van der Waals surface area contributed by atoms with Crippen molar-refractivity contribution in [2.45, 2.75) is 12.8 Å². The van der Waals surface area contributed by atoms with Gasteiger partial charge in [0.15, 0.2) is 0 Å². The molecule has 0 unspecified atom stereocenters. The molecule has 0 spiro atoms. The number of methoxy groups -OCH3 is 1. The molecule has 0 bridgehead atoms. The fourth-order valence-electron chi connectivity index (χ4n) is 2.22. The molecule has 0 radical (unpaired) electrons. The standard InChI is InChI=1S/C16H13F3O3/c1-22-9-11-7-12(10-5-3-2-4-6-10)13(15(20)21)8-14(11)16(17,18)19/h2-8H,9H2,1H3,(H,20,21). The molecule has 6 heteroatoms. The van der Waals surface area contributed by atoms with Gasteiger partial charge in [0, 0.05) is 7.11 Å². The minimum Gasteiger partial charge on any atom is -0.478 e. The number of carbonyl (C=O) groups is 1. The fourth-order valence-corrected chi connectivity index (χ4v) is 2.22. The number of benzene rings is 2. The molecule has 22 heavy (non-hydrogen) atoms. The zero-order chi connectivity index (χ0) is 16.3. The van der Waals surface area contributed by atoms with Gasteiger partial charge in [-0.25, -0.2) is 4.79 Å². The first-order chi connectivity index (χ1) is 10.3. The summed E-state index contributed by atoms with van der Waals surface area (Å²) in [5.41, 5.74) is -0.720. The monoisotopic (exact) mass is 310 g/mol. The van der Waals surface area contributed by atoms with Crippen LogP contribution in [0.2, 0.25) is 0 Å². The van der Waals surface area contributed by atoms with Gasteiger partial charge in [-0.15, -0.1) is 0 Å². The lowest BCUT2D eigenvalue weighted by atomic mass is 9.93. The van der Waals surface area contributed by atoms with E-state index in [4.69, 9.17) is 4.74 Å². The van der Waals surface area contributed by atoms with Crippen molar-refractivity contribution in [2.24, 2.45) is 0 Å². The molecule has 0 aliphatic heterocycles. The number of rotatable bonds is 4. The van der Waals surface area contributed by atoms with Gasteiger partial charge in [0.25, 0.3) is 0 Å². The second-order valence-electron chi connectivity index (χ2n) is 4.66. The molecule has 0 saturated carbocycles. The Balaban J connectivity index is 2.73. The van der Waals surface area contributed by atoms with Crippen LogP contribution in [0.15, 0.2) is 42.5 Å². The molecule has 0 saturated heterocycles. The molecule has 0 heterocycles. The average Bonchev–Trinajstić information content (AvgIpc) is 2.46. The average molecular weight is 310 g/mol. The lowest BCUT2D eigenvalue weighted by molar-refractivity contribution is -0.138. The predicted molar refractivity (Wildman–Crippen MR) is 74.6 cm³/mol. The second-order valence-corrected chi connectivity index (χ2v) is 4.66. The second kappa shape index (κ2) is 6.19. The van der Waals surface area contributed by atoms with Gasteiger partial charge in [-0.3, -0.25) is 0 Å². The lowest BCUT2D eigenvalue weighted by Gasteiger charge is -2.16. The van der Waals surface area contributed by atoms with Gasteiger partial charge in [0.2, 0.25) is 0 Å². The highest BCUT2D eigenvalue weighted by Crippen LogP contribution is 2.36. The maximum absolute atomic E-state index is 13.1. The smallest absolute Gasteiger partial charge is 0.416 e. The van der Waals surface area contributed by atoms with Gasteiger partial charge < -0.3 is 9.84 Å². The number of hydrogen-bond acceptors (Lipinski definition) is 2. The molecule has 0 atom stereocenters. The van der Waals surface area contributed by atoms with E-state index in [1.807, 2.05) is 0 Å².